The van der Waals surface area contributed by atoms with E-state index in [0.717, 1.165) is 11.3 Å². The van der Waals surface area contributed by atoms with Crippen molar-refractivity contribution in [2.24, 2.45) is 17.8 Å². The number of para-hydroxylation sites is 1. The maximum atomic E-state index is 14.5. The van der Waals surface area contributed by atoms with Crippen molar-refractivity contribution in [3.05, 3.63) is 90.5 Å². The van der Waals surface area contributed by atoms with Gasteiger partial charge < -0.3 is 24.5 Å². The van der Waals surface area contributed by atoms with Crippen LogP contribution in [0.2, 0.25) is 0 Å². The Balaban J connectivity index is 1.44. The minimum atomic E-state index is -1.32. The number of hydrogen-bond acceptors (Lipinski definition) is 5. The molecule has 2 saturated heterocycles. The predicted molar refractivity (Wildman–Crippen MR) is 154 cm³/mol. The van der Waals surface area contributed by atoms with E-state index in [-0.39, 0.29) is 30.2 Å². The smallest absolute Gasteiger partial charge is 0.249 e. The monoisotopic (exact) mass is 555 g/mol. The first-order valence-electron chi connectivity index (χ1n) is 14.5. The van der Waals surface area contributed by atoms with Crippen molar-refractivity contribution in [2.45, 2.75) is 50.6 Å². The zero-order valence-corrected chi connectivity index (χ0v) is 23.5. The molecule has 0 aromatic heterocycles. The maximum Gasteiger partial charge on any atom is 0.249 e. The van der Waals surface area contributed by atoms with Gasteiger partial charge in [-0.15, -0.1) is 0 Å². The van der Waals surface area contributed by atoms with Crippen LogP contribution >= 0.6 is 0 Å². The van der Waals surface area contributed by atoms with E-state index in [1.165, 1.54) is 0 Å². The average molecular weight is 556 g/mol. The normalized spacial score (nSPS) is 29.9. The molecule has 0 radical (unpaired) electrons. The number of nitrogens with zero attached hydrogens (tertiary/aromatic N) is 3. The second-order valence-corrected chi connectivity index (χ2v) is 11.9. The highest BCUT2D eigenvalue weighted by atomic mass is 16.5. The number of amides is 3. The first kappa shape index (κ1) is 27.4. The van der Waals surface area contributed by atoms with Gasteiger partial charge in [0.05, 0.1) is 30.6 Å². The van der Waals surface area contributed by atoms with E-state index in [9.17, 15) is 19.5 Å². The Morgan fingerprint density at radius 3 is 2.32 bits per heavy atom. The summed E-state index contributed by atoms with van der Waals surface area (Å²) in [4.78, 5) is 48.3. The molecule has 1 unspecified atom stereocenters. The van der Waals surface area contributed by atoms with E-state index in [1.54, 1.807) is 14.7 Å². The van der Waals surface area contributed by atoms with Gasteiger partial charge in [0.15, 0.2) is 0 Å². The molecule has 4 aliphatic heterocycles. The molecule has 41 heavy (non-hydrogen) atoms. The lowest BCUT2D eigenvalue weighted by molar-refractivity contribution is -0.151. The van der Waals surface area contributed by atoms with E-state index >= 15 is 0 Å². The third-order valence-electron chi connectivity index (χ3n) is 8.81. The van der Waals surface area contributed by atoms with Crippen LogP contribution in [0.5, 0.6) is 0 Å². The van der Waals surface area contributed by atoms with Crippen molar-refractivity contribution in [1.29, 1.82) is 0 Å². The van der Waals surface area contributed by atoms with Crippen LogP contribution in [0.1, 0.15) is 25.8 Å². The highest BCUT2D eigenvalue weighted by Gasteiger charge is 2.72. The van der Waals surface area contributed by atoms with Gasteiger partial charge in [0.25, 0.3) is 0 Å². The fraction of sp³-hybridized carbons (Fsp3) is 0.424. The van der Waals surface area contributed by atoms with Crippen LogP contribution in [-0.4, -0.2) is 76.1 Å². The topological polar surface area (TPSA) is 90.4 Å². The van der Waals surface area contributed by atoms with Crippen LogP contribution < -0.4 is 4.90 Å². The van der Waals surface area contributed by atoms with Crippen LogP contribution in [0.4, 0.5) is 5.69 Å². The summed E-state index contributed by atoms with van der Waals surface area (Å²) < 4.78 is 6.75. The molecule has 214 valence electrons. The van der Waals surface area contributed by atoms with Gasteiger partial charge in [0.2, 0.25) is 17.7 Å². The number of rotatable bonds is 7. The Morgan fingerprint density at radius 1 is 0.927 bits per heavy atom. The SMILES string of the molecule is CC(C)C[C@H](CO)N1C(=O)[C@@H]2[C@@H]3C(=O)N(c4ccccc4)CC=C[C@@H]3O[C@@]23C=CCN(Cc2ccccc2)C(=O)C13. The molecule has 8 nitrogen and oxygen atoms in total. The van der Waals surface area contributed by atoms with Gasteiger partial charge in [-0.2, -0.15) is 0 Å². The number of benzene rings is 2. The molecule has 1 N–H and O–H groups in total. The number of aliphatic hydroxyl groups excluding tert-OH is 1. The van der Waals surface area contributed by atoms with Gasteiger partial charge in [-0.1, -0.05) is 86.7 Å². The molecule has 3 amide bonds. The van der Waals surface area contributed by atoms with E-state index in [2.05, 4.69) is 0 Å². The minimum absolute atomic E-state index is 0.179. The van der Waals surface area contributed by atoms with Crippen molar-refractivity contribution in [3.8, 4) is 0 Å². The fourth-order valence-corrected chi connectivity index (χ4v) is 7.12. The quantitative estimate of drug-likeness (QED) is 0.530. The Kier molecular flexibility index (Phi) is 7.30. The molecule has 0 aliphatic carbocycles. The average Bonchev–Trinajstić information content (AvgIpc) is 3.30. The van der Waals surface area contributed by atoms with Crippen molar-refractivity contribution < 1.29 is 24.2 Å². The number of anilines is 1. The van der Waals surface area contributed by atoms with Crippen LogP contribution in [0.25, 0.3) is 0 Å². The predicted octanol–water partition coefficient (Wildman–Crippen LogP) is 3.18. The summed E-state index contributed by atoms with van der Waals surface area (Å²) in [7, 11) is 0. The summed E-state index contributed by atoms with van der Waals surface area (Å²) >= 11 is 0. The zero-order chi connectivity index (χ0) is 28.7. The second kappa shape index (κ2) is 10.9. The van der Waals surface area contributed by atoms with E-state index in [1.807, 2.05) is 98.8 Å². The molecular weight excluding hydrogens is 518 g/mol. The minimum Gasteiger partial charge on any atom is -0.394 e. The number of likely N-dealkylation sites (tertiary alicyclic amines) is 1. The van der Waals surface area contributed by atoms with Gasteiger partial charge >= 0.3 is 0 Å². The summed E-state index contributed by atoms with van der Waals surface area (Å²) in [5.74, 6) is -2.25. The van der Waals surface area contributed by atoms with Crippen molar-refractivity contribution in [1.82, 2.24) is 9.80 Å². The standard InChI is InChI=1S/C33H37N3O5/c1-22(2)19-25(21-37)36-29-32(40)34(20-23-11-5-3-6-12-23)17-10-16-33(29)28(31(36)39)27-26(41-33)15-9-18-35(30(27)38)24-13-7-4-8-14-24/h3-16,22,25-29,37H,17-21H2,1-2H3/t25-,26+,27-,28+,29?,33+/m1/s1. The Morgan fingerprint density at radius 2 is 1.63 bits per heavy atom. The molecule has 0 bridgehead atoms. The summed E-state index contributed by atoms with van der Waals surface area (Å²) in [6, 6.07) is 17.6. The van der Waals surface area contributed by atoms with Gasteiger partial charge in [-0.3, -0.25) is 14.4 Å². The number of aliphatic hydroxyl groups is 1. The lowest BCUT2D eigenvalue weighted by atomic mass is 9.77. The summed E-state index contributed by atoms with van der Waals surface area (Å²) in [5, 5.41) is 10.5. The third kappa shape index (κ3) is 4.59. The van der Waals surface area contributed by atoms with E-state index in [4.69, 9.17) is 4.74 Å². The van der Waals surface area contributed by atoms with Gasteiger partial charge in [0, 0.05) is 25.3 Å². The number of carbonyl (C=O) groups excluding carboxylic acids is 3. The Hall–Kier alpha value is -3.75. The number of carbonyl (C=O) groups is 3. The highest BCUT2D eigenvalue weighted by Crippen LogP contribution is 2.54. The molecular formula is C33H37N3O5. The van der Waals surface area contributed by atoms with Crippen molar-refractivity contribution in [3.63, 3.8) is 0 Å². The summed E-state index contributed by atoms with van der Waals surface area (Å²) in [6.07, 6.45) is 7.41. The maximum absolute atomic E-state index is 14.5. The molecule has 2 fully saturated rings. The largest absolute Gasteiger partial charge is 0.394 e. The van der Waals surface area contributed by atoms with Crippen LogP contribution in [0, 0.1) is 17.8 Å². The summed E-state index contributed by atoms with van der Waals surface area (Å²) in [6.45, 7) is 4.88. The van der Waals surface area contributed by atoms with Crippen LogP contribution in [-0.2, 0) is 25.7 Å². The number of hydrogen-bond donors (Lipinski definition) is 1. The first-order valence-corrected chi connectivity index (χ1v) is 14.5. The van der Waals surface area contributed by atoms with Crippen molar-refractivity contribution in [2.75, 3.05) is 24.6 Å². The molecule has 2 aromatic rings. The van der Waals surface area contributed by atoms with E-state index in [0.29, 0.717) is 26.1 Å². The number of fused-ring (bicyclic) bond motifs is 2. The van der Waals surface area contributed by atoms with E-state index < -0.39 is 35.6 Å². The molecule has 4 aliphatic rings. The molecule has 0 saturated carbocycles. The van der Waals surface area contributed by atoms with Crippen LogP contribution in [0.15, 0.2) is 85.0 Å². The first-order chi connectivity index (χ1) is 19.9. The summed E-state index contributed by atoms with van der Waals surface area (Å²) in [5.41, 5.74) is 0.406. The Labute approximate surface area is 240 Å². The van der Waals surface area contributed by atoms with Crippen LogP contribution in [0.3, 0.4) is 0 Å². The molecule has 2 aromatic carbocycles. The molecule has 6 rings (SSSR count). The lowest BCUT2D eigenvalue weighted by Gasteiger charge is -2.39. The highest BCUT2D eigenvalue weighted by molar-refractivity contribution is 6.04. The number of ether oxygens (including phenoxy) is 1. The molecule has 6 atom stereocenters. The zero-order valence-electron chi connectivity index (χ0n) is 23.5. The van der Waals surface area contributed by atoms with Crippen molar-refractivity contribution >= 4 is 23.4 Å². The third-order valence-corrected chi connectivity index (χ3v) is 8.81. The molecule has 1 spiro atoms. The lowest BCUT2D eigenvalue weighted by Crippen LogP contribution is -2.58. The van der Waals surface area contributed by atoms with Gasteiger partial charge in [-0.05, 0) is 30.0 Å². The fourth-order valence-electron chi connectivity index (χ4n) is 7.12. The van der Waals surface area contributed by atoms with Gasteiger partial charge in [0.1, 0.15) is 11.6 Å². The Bertz CT molecular complexity index is 1360. The molecule has 8 heteroatoms. The molecule has 4 heterocycles. The second-order valence-electron chi connectivity index (χ2n) is 11.9. The van der Waals surface area contributed by atoms with Gasteiger partial charge in [-0.25, -0.2) is 0 Å².